The highest BCUT2D eigenvalue weighted by molar-refractivity contribution is 5.62. The fourth-order valence-corrected chi connectivity index (χ4v) is 1.35. The van der Waals surface area contributed by atoms with Crippen LogP contribution in [0.5, 0.6) is 0 Å². The van der Waals surface area contributed by atoms with Gasteiger partial charge in [-0.15, -0.1) is 0 Å². The Balaban J connectivity index is 2.47. The number of nitrogens with one attached hydrogen (secondary N) is 1. The minimum absolute atomic E-state index is 0.765. The smallest absolute Gasteiger partial charge is 0.0952 e. The minimum atomic E-state index is 0.765. The molecule has 0 atom stereocenters. The third-order valence-electron chi connectivity index (χ3n) is 2.04. The van der Waals surface area contributed by atoms with E-state index in [0.29, 0.717) is 0 Å². The zero-order valence-corrected chi connectivity index (χ0v) is 7.33. The van der Waals surface area contributed by atoms with Crippen LogP contribution in [0.2, 0.25) is 0 Å². The SMILES string of the molecule is [CH2]Cc1c[nH]nc1-c1ccccc1. The molecule has 1 N–H and O–H groups in total. The molecule has 2 rings (SSSR count). The Morgan fingerprint density at radius 2 is 2.00 bits per heavy atom. The molecule has 2 heteroatoms. The van der Waals surface area contributed by atoms with Crippen LogP contribution < -0.4 is 0 Å². The van der Waals surface area contributed by atoms with Crippen molar-refractivity contribution in [1.82, 2.24) is 10.2 Å². The Morgan fingerprint density at radius 3 is 2.69 bits per heavy atom. The molecule has 0 aliphatic rings. The van der Waals surface area contributed by atoms with E-state index in [1.54, 1.807) is 0 Å². The van der Waals surface area contributed by atoms with E-state index in [2.05, 4.69) is 29.3 Å². The van der Waals surface area contributed by atoms with E-state index in [9.17, 15) is 0 Å². The summed E-state index contributed by atoms with van der Waals surface area (Å²) < 4.78 is 0. The number of hydrogen-bond donors (Lipinski definition) is 1. The maximum Gasteiger partial charge on any atom is 0.0952 e. The molecule has 0 saturated carbocycles. The van der Waals surface area contributed by atoms with Gasteiger partial charge in [0.05, 0.1) is 5.69 Å². The van der Waals surface area contributed by atoms with Crippen molar-refractivity contribution >= 4 is 0 Å². The van der Waals surface area contributed by atoms with Crippen LogP contribution >= 0.6 is 0 Å². The lowest BCUT2D eigenvalue weighted by molar-refractivity contribution is 1.10. The summed E-state index contributed by atoms with van der Waals surface area (Å²) in [6.45, 7) is 3.85. The van der Waals surface area contributed by atoms with Gasteiger partial charge in [-0.3, -0.25) is 5.10 Å². The molecule has 2 aromatic rings. The lowest BCUT2D eigenvalue weighted by atomic mass is 10.1. The van der Waals surface area contributed by atoms with Crippen LogP contribution in [0.3, 0.4) is 0 Å². The van der Waals surface area contributed by atoms with Crippen molar-refractivity contribution in [3.63, 3.8) is 0 Å². The molecule has 65 valence electrons. The fraction of sp³-hybridized carbons (Fsp3) is 0.0909. The van der Waals surface area contributed by atoms with Crippen LogP contribution in [0, 0.1) is 6.92 Å². The zero-order chi connectivity index (χ0) is 9.10. The van der Waals surface area contributed by atoms with E-state index in [4.69, 9.17) is 0 Å². The Hall–Kier alpha value is -1.57. The molecular formula is C11H11N2. The van der Waals surface area contributed by atoms with Crippen molar-refractivity contribution in [2.24, 2.45) is 0 Å². The molecule has 0 aliphatic heterocycles. The average molecular weight is 171 g/mol. The quantitative estimate of drug-likeness (QED) is 0.738. The van der Waals surface area contributed by atoms with Crippen molar-refractivity contribution in [2.75, 3.05) is 0 Å². The van der Waals surface area contributed by atoms with Gasteiger partial charge in [0.25, 0.3) is 0 Å². The summed E-state index contributed by atoms with van der Waals surface area (Å²) in [7, 11) is 0. The number of hydrogen-bond acceptors (Lipinski definition) is 1. The fourth-order valence-electron chi connectivity index (χ4n) is 1.35. The van der Waals surface area contributed by atoms with Gasteiger partial charge in [-0.05, 0) is 18.9 Å². The molecule has 2 nitrogen and oxygen atoms in total. The number of aromatic amines is 1. The van der Waals surface area contributed by atoms with E-state index in [0.717, 1.165) is 23.2 Å². The Morgan fingerprint density at radius 1 is 1.23 bits per heavy atom. The molecule has 1 heterocycles. The van der Waals surface area contributed by atoms with Crippen LogP contribution in [-0.2, 0) is 6.42 Å². The second-order valence-electron chi connectivity index (χ2n) is 2.88. The lowest BCUT2D eigenvalue weighted by Gasteiger charge is -1.98. The van der Waals surface area contributed by atoms with Gasteiger partial charge in [0, 0.05) is 11.8 Å². The van der Waals surface area contributed by atoms with Gasteiger partial charge in [-0.2, -0.15) is 5.10 Å². The molecule has 1 radical (unpaired) electrons. The van der Waals surface area contributed by atoms with Crippen molar-refractivity contribution in [3.05, 3.63) is 49.0 Å². The molecule has 0 aliphatic carbocycles. The normalized spacial score (nSPS) is 10.2. The highest BCUT2D eigenvalue weighted by Crippen LogP contribution is 2.20. The molecule has 0 amide bonds. The third kappa shape index (κ3) is 1.47. The van der Waals surface area contributed by atoms with Crippen molar-refractivity contribution in [1.29, 1.82) is 0 Å². The highest BCUT2D eigenvalue weighted by atomic mass is 15.1. The monoisotopic (exact) mass is 171 g/mol. The zero-order valence-electron chi connectivity index (χ0n) is 7.33. The van der Waals surface area contributed by atoms with E-state index in [1.807, 2.05) is 24.4 Å². The first-order valence-corrected chi connectivity index (χ1v) is 4.29. The lowest BCUT2D eigenvalue weighted by Crippen LogP contribution is -1.83. The second-order valence-corrected chi connectivity index (χ2v) is 2.88. The van der Waals surface area contributed by atoms with Gasteiger partial charge in [-0.1, -0.05) is 30.3 Å². The second kappa shape index (κ2) is 3.44. The average Bonchev–Trinajstić information content (AvgIpc) is 2.67. The van der Waals surface area contributed by atoms with E-state index in [-0.39, 0.29) is 0 Å². The van der Waals surface area contributed by atoms with Gasteiger partial charge < -0.3 is 0 Å². The molecular weight excluding hydrogens is 160 g/mol. The van der Waals surface area contributed by atoms with Gasteiger partial charge in [0.15, 0.2) is 0 Å². The Labute approximate surface area is 77.6 Å². The summed E-state index contributed by atoms with van der Waals surface area (Å²) in [5.74, 6) is 0. The van der Waals surface area contributed by atoms with Crippen LogP contribution in [-0.4, -0.2) is 10.2 Å². The highest BCUT2D eigenvalue weighted by Gasteiger charge is 2.04. The van der Waals surface area contributed by atoms with E-state index >= 15 is 0 Å². The van der Waals surface area contributed by atoms with Crippen molar-refractivity contribution < 1.29 is 0 Å². The van der Waals surface area contributed by atoms with E-state index in [1.165, 1.54) is 0 Å². The standard InChI is InChI=1S/C11H11N2/c1-2-9-8-12-13-11(9)10-6-4-3-5-7-10/h3-8H,1-2H2,(H,12,13). The molecule has 1 aromatic heterocycles. The van der Waals surface area contributed by atoms with Gasteiger partial charge in [0.1, 0.15) is 0 Å². The first-order valence-electron chi connectivity index (χ1n) is 4.29. The number of rotatable bonds is 2. The van der Waals surface area contributed by atoms with Crippen molar-refractivity contribution in [3.8, 4) is 11.3 Å². The first-order chi connectivity index (χ1) is 6.42. The predicted octanol–water partition coefficient (Wildman–Crippen LogP) is 2.45. The van der Waals surface area contributed by atoms with Crippen molar-refractivity contribution in [2.45, 2.75) is 6.42 Å². The number of benzene rings is 1. The van der Waals surface area contributed by atoms with E-state index < -0.39 is 0 Å². The summed E-state index contributed by atoms with van der Waals surface area (Å²) >= 11 is 0. The van der Waals surface area contributed by atoms with Gasteiger partial charge in [-0.25, -0.2) is 0 Å². The van der Waals surface area contributed by atoms with Crippen LogP contribution in [0.15, 0.2) is 36.5 Å². The number of aromatic nitrogens is 2. The molecule has 0 bridgehead atoms. The summed E-state index contributed by atoms with van der Waals surface area (Å²) in [6.07, 6.45) is 2.66. The summed E-state index contributed by atoms with van der Waals surface area (Å²) in [6, 6.07) is 10.1. The Kier molecular flexibility index (Phi) is 2.13. The maximum absolute atomic E-state index is 4.19. The predicted molar refractivity (Wildman–Crippen MR) is 53.1 cm³/mol. The molecule has 0 fully saturated rings. The summed E-state index contributed by atoms with van der Waals surface area (Å²) in [5, 5.41) is 7.05. The van der Waals surface area contributed by atoms with Crippen LogP contribution in [0.1, 0.15) is 5.56 Å². The van der Waals surface area contributed by atoms with Crippen LogP contribution in [0.25, 0.3) is 11.3 Å². The number of nitrogens with zero attached hydrogens (tertiary/aromatic N) is 1. The molecule has 13 heavy (non-hydrogen) atoms. The topological polar surface area (TPSA) is 28.7 Å². The summed E-state index contributed by atoms with van der Waals surface area (Å²) in [4.78, 5) is 0. The molecule has 1 aromatic carbocycles. The largest absolute Gasteiger partial charge is 0.285 e. The van der Waals surface area contributed by atoms with Crippen LogP contribution in [0.4, 0.5) is 0 Å². The molecule has 0 unspecified atom stereocenters. The number of H-pyrrole nitrogens is 1. The maximum atomic E-state index is 4.19. The third-order valence-corrected chi connectivity index (χ3v) is 2.04. The van der Waals surface area contributed by atoms with Gasteiger partial charge in [0.2, 0.25) is 0 Å². The Bertz CT molecular complexity index is 376. The first kappa shape index (κ1) is 8.05. The summed E-state index contributed by atoms with van der Waals surface area (Å²) in [5.41, 5.74) is 3.31. The van der Waals surface area contributed by atoms with Gasteiger partial charge >= 0.3 is 0 Å². The molecule has 0 saturated heterocycles. The molecule has 0 spiro atoms. The minimum Gasteiger partial charge on any atom is -0.285 e.